The molecular formula is C20H18ClN3O4. The van der Waals surface area contributed by atoms with Gasteiger partial charge in [-0.05, 0) is 42.0 Å². The molecule has 144 valence electrons. The second kappa shape index (κ2) is 8.58. The fourth-order valence-corrected chi connectivity index (χ4v) is 2.65. The minimum Gasteiger partial charge on any atom is -0.497 e. The molecule has 0 radical (unpaired) electrons. The Morgan fingerprint density at radius 2 is 1.75 bits per heavy atom. The monoisotopic (exact) mass is 399 g/mol. The Bertz CT molecular complexity index is 1030. The molecular weight excluding hydrogens is 382 g/mol. The molecule has 0 saturated heterocycles. The molecule has 28 heavy (non-hydrogen) atoms. The predicted molar refractivity (Wildman–Crippen MR) is 106 cm³/mol. The fraction of sp³-hybridized carbons (Fsp3) is 0.150. The first kappa shape index (κ1) is 19.4. The van der Waals surface area contributed by atoms with E-state index in [2.05, 4.69) is 10.4 Å². The van der Waals surface area contributed by atoms with E-state index in [9.17, 15) is 9.59 Å². The molecule has 0 aliphatic carbocycles. The number of carbonyl (C=O) groups excluding carboxylic acids is 1. The number of rotatable bonds is 6. The zero-order valence-electron chi connectivity index (χ0n) is 15.3. The summed E-state index contributed by atoms with van der Waals surface area (Å²) in [6, 6.07) is 15.2. The van der Waals surface area contributed by atoms with E-state index in [0.29, 0.717) is 16.5 Å². The molecule has 8 heteroatoms. The van der Waals surface area contributed by atoms with Crippen molar-refractivity contribution < 1.29 is 14.3 Å². The van der Waals surface area contributed by atoms with Gasteiger partial charge in [0.25, 0.3) is 5.91 Å². The highest BCUT2D eigenvalue weighted by Crippen LogP contribution is 2.18. The minimum atomic E-state index is -0.579. The first-order valence-electron chi connectivity index (χ1n) is 8.37. The molecule has 0 aliphatic rings. The maximum atomic E-state index is 12.5. The van der Waals surface area contributed by atoms with Crippen molar-refractivity contribution in [2.24, 2.45) is 0 Å². The van der Waals surface area contributed by atoms with Crippen molar-refractivity contribution in [1.29, 1.82) is 0 Å². The molecule has 0 saturated carbocycles. The number of methoxy groups -OCH3 is 2. The van der Waals surface area contributed by atoms with E-state index in [1.54, 1.807) is 55.6 Å². The summed E-state index contributed by atoms with van der Waals surface area (Å²) < 4.78 is 11.8. The summed E-state index contributed by atoms with van der Waals surface area (Å²) in [5.74, 6) is 0.305. The molecule has 1 heterocycles. The molecule has 0 fully saturated rings. The van der Waals surface area contributed by atoms with Gasteiger partial charge in [-0.2, -0.15) is 5.10 Å². The lowest BCUT2D eigenvalue weighted by Crippen LogP contribution is -2.31. The standard InChI is InChI=1S/C20H18ClN3O4/c1-27-16-9-7-15(8-10-16)24-18(28-2)11-17(25)19(23-24)20(26)22-12-13-3-5-14(21)6-4-13/h3-11H,12H2,1-2H3,(H,22,26). The van der Waals surface area contributed by atoms with Crippen LogP contribution in [0, 0.1) is 0 Å². The maximum Gasteiger partial charge on any atom is 0.276 e. The zero-order valence-corrected chi connectivity index (χ0v) is 16.1. The first-order chi connectivity index (χ1) is 13.5. The molecule has 7 nitrogen and oxygen atoms in total. The van der Waals surface area contributed by atoms with Gasteiger partial charge < -0.3 is 14.8 Å². The number of hydrogen-bond acceptors (Lipinski definition) is 5. The van der Waals surface area contributed by atoms with Gasteiger partial charge in [-0.3, -0.25) is 9.59 Å². The highest BCUT2D eigenvalue weighted by Gasteiger charge is 2.17. The number of benzene rings is 2. The van der Waals surface area contributed by atoms with Crippen LogP contribution in [0.15, 0.2) is 59.4 Å². The second-order valence-corrected chi connectivity index (χ2v) is 6.25. The Labute approximate surface area is 166 Å². The summed E-state index contributed by atoms with van der Waals surface area (Å²) in [6.07, 6.45) is 0. The van der Waals surface area contributed by atoms with Crippen LogP contribution in [0.3, 0.4) is 0 Å². The Morgan fingerprint density at radius 3 is 2.36 bits per heavy atom. The van der Waals surface area contributed by atoms with Crippen LogP contribution in [0.25, 0.3) is 5.69 Å². The summed E-state index contributed by atoms with van der Waals surface area (Å²) in [5.41, 5.74) is 0.701. The molecule has 0 aliphatic heterocycles. The highest BCUT2D eigenvalue weighted by molar-refractivity contribution is 6.30. The van der Waals surface area contributed by atoms with Crippen LogP contribution < -0.4 is 20.2 Å². The molecule has 3 rings (SSSR count). The van der Waals surface area contributed by atoms with E-state index >= 15 is 0 Å². The average molecular weight is 400 g/mol. The van der Waals surface area contributed by atoms with Crippen molar-refractivity contribution in [3.8, 4) is 17.3 Å². The first-order valence-corrected chi connectivity index (χ1v) is 8.75. The molecule has 2 aromatic carbocycles. The summed E-state index contributed by atoms with van der Waals surface area (Å²) in [4.78, 5) is 24.8. The number of nitrogens with one attached hydrogen (secondary N) is 1. The van der Waals surface area contributed by atoms with Gasteiger partial charge in [0.15, 0.2) is 5.69 Å². The largest absolute Gasteiger partial charge is 0.497 e. The number of carbonyl (C=O) groups is 1. The Kier molecular flexibility index (Phi) is 5.96. The number of aromatic nitrogens is 2. The third-order valence-electron chi connectivity index (χ3n) is 4.00. The minimum absolute atomic E-state index is 0.212. The molecule has 0 spiro atoms. The van der Waals surface area contributed by atoms with Gasteiger partial charge in [-0.25, -0.2) is 4.68 Å². The van der Waals surface area contributed by atoms with Crippen LogP contribution in [-0.2, 0) is 6.54 Å². The van der Waals surface area contributed by atoms with E-state index in [1.165, 1.54) is 17.9 Å². The fourth-order valence-electron chi connectivity index (χ4n) is 2.52. The summed E-state index contributed by atoms with van der Waals surface area (Å²) >= 11 is 5.85. The molecule has 1 N–H and O–H groups in total. The van der Waals surface area contributed by atoms with Crippen LogP contribution in [-0.4, -0.2) is 29.9 Å². The van der Waals surface area contributed by atoms with Crippen LogP contribution in [0.1, 0.15) is 16.1 Å². The zero-order chi connectivity index (χ0) is 20.1. The summed E-state index contributed by atoms with van der Waals surface area (Å²) in [6.45, 7) is 0.242. The average Bonchev–Trinajstić information content (AvgIpc) is 2.73. The number of nitrogens with zero attached hydrogens (tertiary/aromatic N) is 2. The molecule has 0 atom stereocenters. The van der Waals surface area contributed by atoms with Gasteiger partial charge >= 0.3 is 0 Å². The number of halogens is 1. The second-order valence-electron chi connectivity index (χ2n) is 5.82. The Balaban J connectivity index is 1.88. The van der Waals surface area contributed by atoms with Gasteiger partial charge in [0.1, 0.15) is 5.75 Å². The summed E-state index contributed by atoms with van der Waals surface area (Å²) in [7, 11) is 2.99. The van der Waals surface area contributed by atoms with Crippen LogP contribution in [0.4, 0.5) is 0 Å². The molecule has 1 amide bonds. The van der Waals surface area contributed by atoms with Gasteiger partial charge in [0.05, 0.1) is 26.0 Å². The van der Waals surface area contributed by atoms with E-state index in [0.717, 1.165) is 5.56 Å². The quantitative estimate of drug-likeness (QED) is 0.689. The molecule has 3 aromatic rings. The normalized spacial score (nSPS) is 10.4. The van der Waals surface area contributed by atoms with E-state index < -0.39 is 11.3 Å². The van der Waals surface area contributed by atoms with Crippen LogP contribution in [0.5, 0.6) is 11.6 Å². The maximum absolute atomic E-state index is 12.5. The van der Waals surface area contributed by atoms with E-state index in [-0.39, 0.29) is 18.1 Å². The SMILES string of the molecule is COc1ccc(-n2nc(C(=O)NCc3ccc(Cl)cc3)c(=O)cc2OC)cc1. The van der Waals surface area contributed by atoms with Crippen molar-refractivity contribution in [2.45, 2.75) is 6.54 Å². The van der Waals surface area contributed by atoms with E-state index in [4.69, 9.17) is 21.1 Å². The lowest BCUT2D eigenvalue weighted by Gasteiger charge is -2.13. The van der Waals surface area contributed by atoms with Gasteiger partial charge in [-0.15, -0.1) is 0 Å². The predicted octanol–water partition coefficient (Wildman–Crippen LogP) is 2.83. The van der Waals surface area contributed by atoms with Crippen LogP contribution >= 0.6 is 11.6 Å². The molecule has 1 aromatic heterocycles. The lowest BCUT2D eigenvalue weighted by molar-refractivity contribution is 0.0942. The van der Waals surface area contributed by atoms with E-state index in [1.807, 2.05) is 0 Å². The van der Waals surface area contributed by atoms with Crippen molar-refractivity contribution >= 4 is 17.5 Å². The van der Waals surface area contributed by atoms with Gasteiger partial charge in [0.2, 0.25) is 11.3 Å². The summed E-state index contributed by atoms with van der Waals surface area (Å²) in [5, 5.41) is 7.50. The van der Waals surface area contributed by atoms with Gasteiger partial charge in [-0.1, -0.05) is 23.7 Å². The third-order valence-corrected chi connectivity index (χ3v) is 4.26. The molecule has 0 bridgehead atoms. The third kappa shape index (κ3) is 4.32. The number of hydrogen-bond donors (Lipinski definition) is 1. The van der Waals surface area contributed by atoms with Crippen molar-refractivity contribution in [2.75, 3.05) is 14.2 Å². The topological polar surface area (TPSA) is 82.5 Å². The number of ether oxygens (including phenoxy) is 2. The lowest BCUT2D eigenvalue weighted by atomic mass is 10.2. The molecule has 0 unspecified atom stereocenters. The highest BCUT2D eigenvalue weighted by atomic mass is 35.5. The number of amides is 1. The smallest absolute Gasteiger partial charge is 0.276 e. The van der Waals surface area contributed by atoms with Crippen LogP contribution in [0.2, 0.25) is 5.02 Å². The van der Waals surface area contributed by atoms with Crippen molar-refractivity contribution in [1.82, 2.24) is 15.1 Å². The Morgan fingerprint density at radius 1 is 1.07 bits per heavy atom. The van der Waals surface area contributed by atoms with Crippen molar-refractivity contribution in [3.63, 3.8) is 0 Å². The van der Waals surface area contributed by atoms with Gasteiger partial charge in [0, 0.05) is 11.6 Å². The Hall–Kier alpha value is -3.32. The van der Waals surface area contributed by atoms with Crippen molar-refractivity contribution in [3.05, 3.63) is 81.1 Å².